The van der Waals surface area contributed by atoms with Crippen molar-refractivity contribution in [1.29, 1.82) is 0 Å². The van der Waals surface area contributed by atoms with Crippen molar-refractivity contribution in [3.63, 3.8) is 0 Å². The highest BCUT2D eigenvalue weighted by atomic mass is 16.6. The van der Waals surface area contributed by atoms with Crippen molar-refractivity contribution in [2.75, 3.05) is 13.2 Å². The highest BCUT2D eigenvalue weighted by molar-refractivity contribution is 5.79. The molecule has 5 heteroatoms. The van der Waals surface area contributed by atoms with Crippen molar-refractivity contribution in [2.45, 2.75) is 38.5 Å². The molecule has 130 valence electrons. The van der Waals surface area contributed by atoms with Crippen LogP contribution in [0.2, 0.25) is 0 Å². The van der Waals surface area contributed by atoms with Crippen molar-refractivity contribution in [3.8, 4) is 0 Å². The van der Waals surface area contributed by atoms with Gasteiger partial charge in [-0.25, -0.2) is 9.59 Å². The van der Waals surface area contributed by atoms with Crippen molar-refractivity contribution in [3.05, 3.63) is 25.3 Å². The van der Waals surface area contributed by atoms with Crippen molar-refractivity contribution < 1.29 is 24.5 Å². The van der Waals surface area contributed by atoms with Gasteiger partial charge in [0.25, 0.3) is 0 Å². The third-order valence-electron chi connectivity index (χ3n) is 4.55. The second-order valence-corrected chi connectivity index (χ2v) is 6.58. The Morgan fingerprint density at radius 2 is 0.913 bits per heavy atom. The molecule has 0 amide bonds. The van der Waals surface area contributed by atoms with E-state index in [0.717, 1.165) is 25.4 Å². The van der Waals surface area contributed by atoms with Gasteiger partial charge < -0.3 is 14.9 Å². The topological polar surface area (TPSA) is 87.1 Å². The molecule has 0 aromatic rings. The lowest BCUT2D eigenvalue weighted by Crippen LogP contribution is -2.38. The summed E-state index contributed by atoms with van der Waals surface area (Å²) in [6.07, 6.45) is 11.3. The Kier molecular flexibility index (Phi) is 8.62. The van der Waals surface area contributed by atoms with E-state index in [4.69, 9.17) is 10.2 Å². The van der Waals surface area contributed by atoms with Crippen LogP contribution in [0.4, 0.5) is 0 Å². The van der Waals surface area contributed by atoms with Crippen LogP contribution in [-0.2, 0) is 14.3 Å². The molecular formula is C18H28O5. The zero-order valence-corrected chi connectivity index (χ0v) is 13.7. The van der Waals surface area contributed by atoms with Gasteiger partial charge in [-0.2, -0.15) is 0 Å². The molecule has 0 atom stereocenters. The molecule has 4 bridgehead atoms. The Bertz CT molecular complexity index is 336. The number of ether oxygens (including phenoxy) is 1. The molecule has 23 heavy (non-hydrogen) atoms. The van der Waals surface area contributed by atoms with Crippen molar-refractivity contribution >= 4 is 11.9 Å². The first-order valence-corrected chi connectivity index (χ1v) is 8.23. The summed E-state index contributed by atoms with van der Waals surface area (Å²) < 4.78 is 4.50. The van der Waals surface area contributed by atoms with Gasteiger partial charge >= 0.3 is 11.9 Å². The Labute approximate surface area is 138 Å². The molecule has 2 N–H and O–H groups in total. The number of carbonyl (C=O) groups is 2. The molecular weight excluding hydrogens is 296 g/mol. The van der Waals surface area contributed by atoms with Gasteiger partial charge in [0.05, 0.1) is 13.2 Å². The fraction of sp³-hybridized carbons (Fsp3) is 0.667. The molecule has 0 aromatic carbocycles. The van der Waals surface area contributed by atoms with Crippen LogP contribution in [0.1, 0.15) is 38.5 Å². The summed E-state index contributed by atoms with van der Waals surface area (Å²) in [6.45, 7) is 7.92. The second-order valence-electron chi connectivity index (χ2n) is 6.58. The first-order chi connectivity index (χ1) is 10.9. The monoisotopic (exact) mass is 324 g/mol. The summed E-state index contributed by atoms with van der Waals surface area (Å²) in [7, 11) is 0. The van der Waals surface area contributed by atoms with E-state index in [9.17, 15) is 9.59 Å². The largest absolute Gasteiger partial charge is 0.478 e. The lowest BCUT2D eigenvalue weighted by molar-refractivity contribution is -0.132. The van der Waals surface area contributed by atoms with Crippen LogP contribution in [0.5, 0.6) is 0 Å². The summed E-state index contributed by atoms with van der Waals surface area (Å²) in [5.74, 6) is 2.75. The molecule has 0 aromatic heterocycles. The van der Waals surface area contributed by atoms with Gasteiger partial charge in [0.15, 0.2) is 0 Å². The number of aliphatic carboxylic acids is 2. The third kappa shape index (κ3) is 9.18. The molecule has 5 nitrogen and oxygen atoms in total. The van der Waals surface area contributed by atoms with E-state index >= 15 is 0 Å². The third-order valence-corrected chi connectivity index (χ3v) is 4.55. The van der Waals surface area contributed by atoms with E-state index < -0.39 is 11.9 Å². The van der Waals surface area contributed by atoms with E-state index in [1.54, 1.807) is 38.5 Å². The lowest BCUT2D eigenvalue weighted by Gasteiger charge is -2.49. The first kappa shape index (κ1) is 19.4. The minimum Gasteiger partial charge on any atom is -0.478 e. The Morgan fingerprint density at radius 1 is 0.739 bits per heavy atom. The highest BCUT2D eigenvalue weighted by Crippen LogP contribution is 2.53. The van der Waals surface area contributed by atoms with E-state index in [1.807, 2.05) is 0 Å². The lowest BCUT2D eigenvalue weighted by atomic mass is 9.56. The molecule has 5 rings (SSSR count). The number of hydrogen-bond acceptors (Lipinski definition) is 3. The van der Waals surface area contributed by atoms with Crippen molar-refractivity contribution in [1.82, 2.24) is 0 Å². The number of carboxylic acids is 2. The van der Waals surface area contributed by atoms with Crippen molar-refractivity contribution in [2.24, 2.45) is 23.7 Å². The zero-order chi connectivity index (χ0) is 17.2. The Hall–Kier alpha value is -1.62. The van der Waals surface area contributed by atoms with E-state index in [-0.39, 0.29) is 0 Å². The Balaban J connectivity index is 0.000000175. The fourth-order valence-corrected chi connectivity index (χ4v) is 3.98. The van der Waals surface area contributed by atoms with Gasteiger partial charge in [-0.05, 0) is 62.2 Å². The molecule has 0 spiro atoms. The standard InChI is InChI=1S/C10H16.2C3H4O2.C2H4O/c1-7-2-9-4-8(1)5-10(3-7)6-9;2*1-2-3(4)5;1-2-3-1/h7-10H,1-6H2;2*2H,1H2,(H,4,5);1-2H2. The summed E-state index contributed by atoms with van der Waals surface area (Å²) in [6, 6.07) is 0. The predicted octanol–water partition coefficient (Wildman–Crippen LogP) is 3.36. The van der Waals surface area contributed by atoms with Crippen LogP contribution < -0.4 is 0 Å². The van der Waals surface area contributed by atoms with Gasteiger partial charge in [0.1, 0.15) is 0 Å². The molecule has 1 heterocycles. The second kappa shape index (κ2) is 10.2. The fourth-order valence-electron chi connectivity index (χ4n) is 3.98. The smallest absolute Gasteiger partial charge is 0.327 e. The molecule has 1 aliphatic heterocycles. The van der Waals surface area contributed by atoms with E-state index in [2.05, 4.69) is 17.9 Å². The number of epoxide rings is 1. The maximum Gasteiger partial charge on any atom is 0.327 e. The molecule has 0 radical (unpaired) electrons. The van der Waals surface area contributed by atoms with Crippen LogP contribution >= 0.6 is 0 Å². The van der Waals surface area contributed by atoms with Crippen LogP contribution in [0, 0.1) is 23.7 Å². The highest BCUT2D eigenvalue weighted by Gasteiger charge is 2.41. The molecule has 4 aliphatic carbocycles. The van der Waals surface area contributed by atoms with Crippen LogP contribution in [-0.4, -0.2) is 35.4 Å². The molecule has 0 unspecified atom stereocenters. The zero-order valence-electron chi connectivity index (χ0n) is 13.7. The minimum atomic E-state index is -0.981. The average molecular weight is 324 g/mol. The number of carboxylic acid groups (broad SMARTS) is 2. The van der Waals surface area contributed by atoms with Crippen LogP contribution in [0.3, 0.4) is 0 Å². The van der Waals surface area contributed by atoms with E-state index in [1.165, 1.54) is 23.7 Å². The van der Waals surface area contributed by atoms with Crippen LogP contribution in [0.25, 0.3) is 0 Å². The molecule has 5 fully saturated rings. The molecule has 4 saturated carbocycles. The quantitative estimate of drug-likeness (QED) is 0.601. The predicted molar refractivity (Wildman–Crippen MR) is 88.1 cm³/mol. The number of rotatable bonds is 2. The molecule has 5 aliphatic rings. The first-order valence-electron chi connectivity index (χ1n) is 8.23. The normalized spacial score (nSPS) is 31.0. The minimum absolute atomic E-state index is 0.833. The van der Waals surface area contributed by atoms with Gasteiger partial charge in [-0.1, -0.05) is 13.2 Å². The summed E-state index contributed by atoms with van der Waals surface area (Å²) in [4.78, 5) is 18.5. The maximum atomic E-state index is 9.25. The number of hydrogen-bond donors (Lipinski definition) is 2. The van der Waals surface area contributed by atoms with Gasteiger partial charge in [-0.3, -0.25) is 0 Å². The SMILES string of the molecule is C1C2CC3CC1CC(C2)C3.C1CO1.C=CC(=O)O.C=CC(=O)O. The average Bonchev–Trinajstić information content (AvgIpc) is 3.35. The summed E-state index contributed by atoms with van der Waals surface area (Å²) in [5, 5.41) is 15.2. The van der Waals surface area contributed by atoms with Gasteiger partial charge in [0.2, 0.25) is 0 Å². The van der Waals surface area contributed by atoms with E-state index in [0.29, 0.717) is 0 Å². The Morgan fingerprint density at radius 3 is 1.00 bits per heavy atom. The summed E-state index contributed by atoms with van der Waals surface area (Å²) >= 11 is 0. The summed E-state index contributed by atoms with van der Waals surface area (Å²) in [5.41, 5.74) is 0. The van der Waals surface area contributed by atoms with Gasteiger partial charge in [0, 0.05) is 12.2 Å². The molecule has 1 saturated heterocycles. The maximum absolute atomic E-state index is 9.25. The van der Waals surface area contributed by atoms with Crippen LogP contribution in [0.15, 0.2) is 25.3 Å². The van der Waals surface area contributed by atoms with Gasteiger partial charge in [-0.15, -0.1) is 0 Å².